The van der Waals surface area contributed by atoms with Crippen LogP contribution in [0, 0.1) is 12.7 Å². The van der Waals surface area contributed by atoms with Crippen molar-refractivity contribution in [2.45, 2.75) is 6.92 Å². The molecule has 3 heterocycles. The fourth-order valence-electron chi connectivity index (χ4n) is 2.71. The zero-order chi connectivity index (χ0) is 21.3. The number of aromatic amines is 1. The third-order valence-electron chi connectivity index (χ3n) is 4.20. The lowest BCUT2D eigenvalue weighted by molar-refractivity contribution is 0.0594. The molecule has 0 fully saturated rings. The van der Waals surface area contributed by atoms with E-state index in [2.05, 4.69) is 25.0 Å². The number of H-pyrrole nitrogens is 1. The van der Waals surface area contributed by atoms with E-state index in [0.29, 0.717) is 37.7 Å². The Morgan fingerprint density at radius 1 is 1.17 bits per heavy atom. The highest BCUT2D eigenvalue weighted by atomic mass is 32.1. The van der Waals surface area contributed by atoms with Crippen molar-refractivity contribution in [1.29, 1.82) is 0 Å². The first kappa shape index (κ1) is 19.9. The largest absolute Gasteiger partial charge is 0.464 e. The number of benzene rings is 1. The molecule has 0 saturated heterocycles. The monoisotopic (exact) mass is 442 g/mol. The number of nitrogens with zero attached hydrogens (tertiary/aromatic N) is 2. The number of amides is 1. The van der Waals surface area contributed by atoms with Gasteiger partial charge in [0.05, 0.1) is 18.5 Å². The van der Waals surface area contributed by atoms with Crippen molar-refractivity contribution in [3.8, 4) is 21.8 Å². The minimum Gasteiger partial charge on any atom is -0.464 e. The molecule has 0 bridgehead atoms. The van der Waals surface area contributed by atoms with Gasteiger partial charge >= 0.3 is 5.97 Å². The van der Waals surface area contributed by atoms with Crippen LogP contribution in [-0.4, -0.2) is 33.9 Å². The van der Waals surface area contributed by atoms with Crippen LogP contribution in [0.3, 0.4) is 0 Å². The van der Waals surface area contributed by atoms with Gasteiger partial charge in [-0.3, -0.25) is 10.1 Å². The Kier molecular flexibility index (Phi) is 5.42. The van der Waals surface area contributed by atoms with Gasteiger partial charge < -0.3 is 9.72 Å². The number of ether oxygens (including phenoxy) is 1. The molecule has 0 aliphatic carbocycles. The van der Waals surface area contributed by atoms with Crippen molar-refractivity contribution in [3.63, 3.8) is 0 Å². The average molecular weight is 442 g/mol. The van der Waals surface area contributed by atoms with Crippen LogP contribution in [0.2, 0.25) is 0 Å². The summed E-state index contributed by atoms with van der Waals surface area (Å²) in [4.78, 5) is 36.4. The Hall–Kier alpha value is -3.37. The number of aromatic nitrogens is 3. The third-order valence-corrected chi connectivity index (χ3v) is 6.17. The second kappa shape index (κ2) is 8.17. The molecular formula is C20H15FN4O3S2. The van der Waals surface area contributed by atoms with Crippen LogP contribution in [0.25, 0.3) is 21.8 Å². The second-order valence-electron chi connectivity index (χ2n) is 6.23. The van der Waals surface area contributed by atoms with Gasteiger partial charge in [-0.05, 0) is 37.3 Å². The molecule has 0 aliphatic rings. The van der Waals surface area contributed by atoms with E-state index >= 15 is 0 Å². The number of halogens is 1. The standard InChI is InChI=1S/C20H15FN4O3S2/c1-10-16(30-18(23-10)11-3-5-13(21)6-4-11)17(26)25-20-24-15(9-29-20)12-7-14(22-8-12)19(27)28-2/h3-9,22H,1-2H3,(H,24,25,26). The van der Waals surface area contributed by atoms with E-state index in [0.717, 1.165) is 5.56 Å². The van der Waals surface area contributed by atoms with Gasteiger partial charge in [-0.25, -0.2) is 19.2 Å². The molecule has 0 atom stereocenters. The summed E-state index contributed by atoms with van der Waals surface area (Å²) < 4.78 is 17.8. The lowest BCUT2D eigenvalue weighted by Crippen LogP contribution is -2.11. The van der Waals surface area contributed by atoms with Gasteiger partial charge in [0.2, 0.25) is 0 Å². The molecule has 0 unspecified atom stereocenters. The van der Waals surface area contributed by atoms with Gasteiger partial charge in [0.1, 0.15) is 21.4 Å². The van der Waals surface area contributed by atoms with Gasteiger partial charge in [-0.15, -0.1) is 22.7 Å². The molecule has 0 saturated carbocycles. The van der Waals surface area contributed by atoms with Crippen LogP contribution < -0.4 is 5.32 Å². The lowest BCUT2D eigenvalue weighted by atomic mass is 10.2. The predicted molar refractivity (Wildman–Crippen MR) is 113 cm³/mol. The van der Waals surface area contributed by atoms with Crippen molar-refractivity contribution in [3.05, 3.63) is 64.0 Å². The summed E-state index contributed by atoms with van der Waals surface area (Å²) in [5.74, 6) is -1.11. The van der Waals surface area contributed by atoms with Crippen LogP contribution in [0.1, 0.15) is 25.9 Å². The highest BCUT2D eigenvalue weighted by molar-refractivity contribution is 7.17. The first-order valence-electron chi connectivity index (χ1n) is 8.72. The van der Waals surface area contributed by atoms with E-state index in [4.69, 9.17) is 0 Å². The van der Waals surface area contributed by atoms with E-state index in [9.17, 15) is 14.0 Å². The topological polar surface area (TPSA) is 97.0 Å². The van der Waals surface area contributed by atoms with E-state index in [1.165, 1.54) is 41.9 Å². The Balaban J connectivity index is 1.50. The highest BCUT2D eigenvalue weighted by Crippen LogP contribution is 2.30. The quantitative estimate of drug-likeness (QED) is 0.435. The van der Waals surface area contributed by atoms with Crippen molar-refractivity contribution in [1.82, 2.24) is 15.0 Å². The molecule has 0 spiro atoms. The maximum Gasteiger partial charge on any atom is 0.354 e. The summed E-state index contributed by atoms with van der Waals surface area (Å²) in [6, 6.07) is 7.60. The maximum atomic E-state index is 13.1. The van der Waals surface area contributed by atoms with E-state index in [1.54, 1.807) is 36.7 Å². The third kappa shape index (κ3) is 4.00. The van der Waals surface area contributed by atoms with Gasteiger partial charge in [0.25, 0.3) is 5.91 Å². The van der Waals surface area contributed by atoms with E-state index in [1.807, 2.05) is 0 Å². The first-order valence-corrected chi connectivity index (χ1v) is 10.4. The molecule has 30 heavy (non-hydrogen) atoms. The minimum atomic E-state index is -0.470. The van der Waals surface area contributed by atoms with Gasteiger partial charge in [0.15, 0.2) is 5.13 Å². The molecule has 4 rings (SSSR count). The fraction of sp³-hybridized carbons (Fsp3) is 0.100. The Morgan fingerprint density at radius 2 is 1.93 bits per heavy atom. The molecule has 1 amide bonds. The van der Waals surface area contributed by atoms with Crippen LogP contribution in [0.4, 0.5) is 9.52 Å². The molecule has 10 heteroatoms. The summed E-state index contributed by atoms with van der Waals surface area (Å²) in [7, 11) is 1.31. The summed E-state index contributed by atoms with van der Waals surface area (Å²) in [5, 5.41) is 5.62. The smallest absolute Gasteiger partial charge is 0.354 e. The van der Waals surface area contributed by atoms with E-state index < -0.39 is 5.97 Å². The number of carbonyl (C=O) groups excluding carboxylic acids is 2. The molecule has 0 aliphatic heterocycles. The number of hydrogen-bond donors (Lipinski definition) is 2. The molecule has 1 aromatic carbocycles. The van der Waals surface area contributed by atoms with Gasteiger partial charge in [-0.1, -0.05) is 0 Å². The molecule has 152 valence electrons. The summed E-state index contributed by atoms with van der Waals surface area (Å²) >= 11 is 2.50. The zero-order valence-corrected chi connectivity index (χ0v) is 17.5. The van der Waals surface area contributed by atoms with Crippen LogP contribution >= 0.6 is 22.7 Å². The molecule has 2 N–H and O–H groups in total. The molecular weight excluding hydrogens is 427 g/mol. The number of anilines is 1. The number of esters is 1. The van der Waals surface area contributed by atoms with Gasteiger partial charge in [-0.2, -0.15) is 0 Å². The number of rotatable bonds is 5. The highest BCUT2D eigenvalue weighted by Gasteiger charge is 2.18. The predicted octanol–water partition coefficient (Wildman–Crippen LogP) is 4.75. The van der Waals surface area contributed by atoms with Crippen molar-refractivity contribution < 1.29 is 18.7 Å². The summed E-state index contributed by atoms with van der Waals surface area (Å²) in [5.41, 5.74) is 2.98. The second-order valence-corrected chi connectivity index (χ2v) is 8.08. The molecule has 4 aromatic rings. The molecule has 7 nitrogen and oxygen atoms in total. The van der Waals surface area contributed by atoms with Crippen molar-refractivity contribution >= 4 is 39.7 Å². The summed E-state index contributed by atoms with van der Waals surface area (Å²) in [6.45, 7) is 1.75. The number of carbonyl (C=O) groups is 2. The molecule has 3 aromatic heterocycles. The maximum absolute atomic E-state index is 13.1. The van der Waals surface area contributed by atoms with Crippen molar-refractivity contribution in [2.75, 3.05) is 12.4 Å². The molecule has 0 radical (unpaired) electrons. The first-order chi connectivity index (χ1) is 14.4. The van der Waals surface area contributed by atoms with Crippen LogP contribution in [0.5, 0.6) is 0 Å². The summed E-state index contributed by atoms with van der Waals surface area (Å²) in [6.07, 6.45) is 1.65. The van der Waals surface area contributed by atoms with Crippen molar-refractivity contribution in [2.24, 2.45) is 0 Å². The van der Waals surface area contributed by atoms with Crippen LogP contribution in [0.15, 0.2) is 41.9 Å². The van der Waals surface area contributed by atoms with Gasteiger partial charge in [0, 0.05) is 22.7 Å². The zero-order valence-electron chi connectivity index (χ0n) is 15.9. The fourth-order valence-corrected chi connectivity index (χ4v) is 4.39. The number of methoxy groups -OCH3 is 1. The Bertz CT molecular complexity index is 1230. The number of thiazole rings is 2. The number of hydrogen-bond acceptors (Lipinski definition) is 7. The Labute approximate surface area is 178 Å². The lowest BCUT2D eigenvalue weighted by Gasteiger charge is -1.99. The number of aryl methyl sites for hydroxylation is 1. The Morgan fingerprint density at radius 3 is 2.67 bits per heavy atom. The van der Waals surface area contributed by atoms with E-state index in [-0.39, 0.29) is 11.7 Å². The number of nitrogens with one attached hydrogen (secondary N) is 2. The normalized spacial score (nSPS) is 10.8. The minimum absolute atomic E-state index is 0.316. The van der Waals surface area contributed by atoms with Crippen LogP contribution in [-0.2, 0) is 4.74 Å². The average Bonchev–Trinajstić information content (AvgIpc) is 3.47. The SMILES string of the molecule is COC(=O)c1cc(-c2csc(NC(=O)c3sc(-c4ccc(F)cc4)nc3C)n2)c[nH]1.